The molecule has 3 aromatic rings. The molecule has 0 saturated carbocycles. The van der Waals surface area contributed by atoms with Crippen LogP contribution in [-0.2, 0) is 6.54 Å². The molecule has 1 heterocycles. The molecular formula is C19H18N4O. The summed E-state index contributed by atoms with van der Waals surface area (Å²) in [5, 5.41) is 8.18. The summed E-state index contributed by atoms with van der Waals surface area (Å²) >= 11 is 0. The van der Waals surface area contributed by atoms with E-state index in [1.807, 2.05) is 66.3 Å². The lowest BCUT2D eigenvalue weighted by Crippen LogP contribution is -2.18. The molecule has 5 nitrogen and oxygen atoms in total. The van der Waals surface area contributed by atoms with Crippen molar-refractivity contribution in [1.82, 2.24) is 15.2 Å². The molecule has 0 radical (unpaired) electrons. The molecule has 1 amide bonds. The summed E-state index contributed by atoms with van der Waals surface area (Å²) < 4.78 is 1.81. The molecule has 0 saturated heterocycles. The molecule has 0 aliphatic heterocycles. The maximum Gasteiger partial charge on any atom is 0.271 e. The average molecular weight is 318 g/mol. The number of rotatable bonds is 5. The molecule has 0 aliphatic carbocycles. The topological polar surface area (TPSA) is 59.3 Å². The van der Waals surface area contributed by atoms with Gasteiger partial charge in [-0.1, -0.05) is 42.0 Å². The summed E-state index contributed by atoms with van der Waals surface area (Å²) in [6.45, 7) is 2.65. The normalized spacial score (nSPS) is 10.9. The summed E-state index contributed by atoms with van der Waals surface area (Å²) in [7, 11) is 0. The molecule has 0 aliphatic rings. The van der Waals surface area contributed by atoms with Crippen molar-refractivity contribution in [2.75, 3.05) is 0 Å². The Kier molecular flexibility index (Phi) is 4.81. The van der Waals surface area contributed by atoms with Crippen molar-refractivity contribution in [1.29, 1.82) is 0 Å². The summed E-state index contributed by atoms with van der Waals surface area (Å²) in [5.41, 5.74) is 6.26. The Bertz CT molecular complexity index is 836. The fraction of sp³-hybridized carbons (Fsp3) is 0.105. The lowest BCUT2D eigenvalue weighted by Gasteiger charge is -2.05. The SMILES string of the molecule is Cc1ccc(/C=N/NC(=O)c2cccc(Cn3cccn3)c2)cc1. The molecule has 5 heteroatoms. The van der Waals surface area contributed by atoms with Crippen LogP contribution < -0.4 is 5.43 Å². The Morgan fingerprint density at radius 1 is 1.21 bits per heavy atom. The highest BCUT2D eigenvalue weighted by Gasteiger charge is 2.05. The first-order valence-electron chi connectivity index (χ1n) is 7.67. The maximum absolute atomic E-state index is 12.2. The third kappa shape index (κ3) is 4.16. The second kappa shape index (κ2) is 7.37. The van der Waals surface area contributed by atoms with Crippen molar-refractivity contribution >= 4 is 12.1 Å². The Balaban J connectivity index is 1.63. The fourth-order valence-electron chi connectivity index (χ4n) is 2.27. The van der Waals surface area contributed by atoms with Gasteiger partial charge in [0.15, 0.2) is 0 Å². The van der Waals surface area contributed by atoms with Gasteiger partial charge < -0.3 is 0 Å². The predicted octanol–water partition coefficient (Wildman–Crippen LogP) is 3.00. The van der Waals surface area contributed by atoms with Gasteiger partial charge in [0, 0.05) is 18.0 Å². The number of hydrogen-bond acceptors (Lipinski definition) is 3. The maximum atomic E-state index is 12.2. The van der Waals surface area contributed by atoms with Crippen molar-refractivity contribution in [3.05, 3.63) is 89.2 Å². The molecule has 0 bridgehead atoms. The molecule has 0 spiro atoms. The summed E-state index contributed by atoms with van der Waals surface area (Å²) in [5.74, 6) is -0.235. The number of carbonyl (C=O) groups excluding carboxylic acids is 1. The molecule has 0 unspecified atom stereocenters. The number of aromatic nitrogens is 2. The van der Waals surface area contributed by atoms with E-state index in [2.05, 4.69) is 15.6 Å². The van der Waals surface area contributed by atoms with Gasteiger partial charge in [0.1, 0.15) is 0 Å². The van der Waals surface area contributed by atoms with Crippen LogP contribution in [0.2, 0.25) is 0 Å². The van der Waals surface area contributed by atoms with Gasteiger partial charge in [-0.2, -0.15) is 10.2 Å². The Morgan fingerprint density at radius 3 is 2.79 bits per heavy atom. The van der Waals surface area contributed by atoms with Gasteiger partial charge in [-0.15, -0.1) is 0 Å². The number of amides is 1. The van der Waals surface area contributed by atoms with Gasteiger partial charge in [-0.3, -0.25) is 9.48 Å². The number of hydrogen-bond donors (Lipinski definition) is 1. The Hall–Kier alpha value is -3.21. The second-order valence-electron chi connectivity index (χ2n) is 5.51. The Labute approximate surface area is 140 Å². The summed E-state index contributed by atoms with van der Waals surface area (Å²) in [6.07, 6.45) is 5.25. The molecule has 120 valence electrons. The number of benzene rings is 2. The standard InChI is InChI=1S/C19H18N4O/c1-15-6-8-16(9-7-15)13-20-22-19(24)18-5-2-4-17(12-18)14-23-11-3-10-21-23/h2-13H,14H2,1H3,(H,22,24)/b20-13+. The first kappa shape index (κ1) is 15.7. The van der Waals surface area contributed by atoms with Crippen LogP contribution in [0.25, 0.3) is 0 Å². The van der Waals surface area contributed by atoms with Crippen LogP contribution in [-0.4, -0.2) is 21.9 Å². The molecule has 0 fully saturated rings. The van der Waals surface area contributed by atoms with Crippen LogP contribution in [0.4, 0.5) is 0 Å². The molecule has 24 heavy (non-hydrogen) atoms. The van der Waals surface area contributed by atoms with E-state index in [1.54, 1.807) is 18.5 Å². The first-order chi connectivity index (χ1) is 11.7. The number of nitrogens with one attached hydrogen (secondary N) is 1. The Morgan fingerprint density at radius 2 is 2.04 bits per heavy atom. The highest BCUT2D eigenvalue weighted by molar-refractivity contribution is 5.95. The molecule has 1 aromatic heterocycles. The van der Waals surface area contributed by atoms with Gasteiger partial charge in [0.25, 0.3) is 5.91 Å². The molecular weight excluding hydrogens is 300 g/mol. The lowest BCUT2D eigenvalue weighted by molar-refractivity contribution is 0.0955. The van der Waals surface area contributed by atoms with Crippen LogP contribution in [0, 0.1) is 6.92 Å². The zero-order valence-electron chi connectivity index (χ0n) is 13.4. The number of hydrazone groups is 1. The lowest BCUT2D eigenvalue weighted by atomic mass is 10.1. The minimum Gasteiger partial charge on any atom is -0.268 e. The first-order valence-corrected chi connectivity index (χ1v) is 7.67. The highest BCUT2D eigenvalue weighted by atomic mass is 16.2. The monoisotopic (exact) mass is 318 g/mol. The average Bonchev–Trinajstić information content (AvgIpc) is 3.10. The summed E-state index contributed by atoms with van der Waals surface area (Å²) in [4.78, 5) is 12.2. The third-order valence-corrected chi connectivity index (χ3v) is 3.55. The van der Waals surface area contributed by atoms with Crippen LogP contribution in [0.15, 0.2) is 72.1 Å². The zero-order valence-corrected chi connectivity index (χ0v) is 13.4. The predicted molar refractivity (Wildman–Crippen MR) is 94.0 cm³/mol. The second-order valence-corrected chi connectivity index (χ2v) is 5.51. The van der Waals surface area contributed by atoms with E-state index in [-0.39, 0.29) is 5.91 Å². The van der Waals surface area contributed by atoms with Crippen LogP contribution in [0.1, 0.15) is 27.0 Å². The van der Waals surface area contributed by atoms with Gasteiger partial charge in [0.05, 0.1) is 12.8 Å². The van der Waals surface area contributed by atoms with Gasteiger partial charge in [-0.05, 0) is 36.2 Å². The van der Waals surface area contributed by atoms with Crippen molar-refractivity contribution in [2.24, 2.45) is 5.10 Å². The fourth-order valence-corrected chi connectivity index (χ4v) is 2.27. The van der Waals surface area contributed by atoms with Crippen molar-refractivity contribution in [3.63, 3.8) is 0 Å². The van der Waals surface area contributed by atoms with E-state index < -0.39 is 0 Å². The number of nitrogens with zero attached hydrogens (tertiary/aromatic N) is 3. The van der Waals surface area contributed by atoms with Crippen LogP contribution in [0.3, 0.4) is 0 Å². The van der Waals surface area contributed by atoms with Crippen molar-refractivity contribution in [3.8, 4) is 0 Å². The highest BCUT2D eigenvalue weighted by Crippen LogP contribution is 2.07. The smallest absolute Gasteiger partial charge is 0.268 e. The summed E-state index contributed by atoms with van der Waals surface area (Å²) in [6, 6.07) is 17.2. The molecule has 2 aromatic carbocycles. The molecule has 1 N–H and O–H groups in total. The van der Waals surface area contributed by atoms with Gasteiger partial charge in [0.2, 0.25) is 0 Å². The van der Waals surface area contributed by atoms with Crippen molar-refractivity contribution < 1.29 is 4.79 Å². The van der Waals surface area contributed by atoms with E-state index >= 15 is 0 Å². The number of carbonyl (C=O) groups is 1. The van der Waals surface area contributed by atoms with E-state index in [0.717, 1.165) is 11.1 Å². The molecule has 0 atom stereocenters. The number of aryl methyl sites for hydroxylation is 1. The minimum atomic E-state index is -0.235. The zero-order chi connectivity index (χ0) is 16.8. The van der Waals surface area contributed by atoms with Gasteiger partial charge >= 0.3 is 0 Å². The van der Waals surface area contributed by atoms with E-state index in [4.69, 9.17) is 0 Å². The third-order valence-electron chi connectivity index (χ3n) is 3.55. The van der Waals surface area contributed by atoms with Crippen LogP contribution in [0.5, 0.6) is 0 Å². The van der Waals surface area contributed by atoms with E-state index in [1.165, 1.54) is 5.56 Å². The largest absolute Gasteiger partial charge is 0.271 e. The molecule has 3 rings (SSSR count). The van der Waals surface area contributed by atoms with E-state index in [9.17, 15) is 4.79 Å². The quantitative estimate of drug-likeness (QED) is 0.581. The minimum absolute atomic E-state index is 0.235. The van der Waals surface area contributed by atoms with Gasteiger partial charge in [-0.25, -0.2) is 5.43 Å². The van der Waals surface area contributed by atoms with Crippen LogP contribution >= 0.6 is 0 Å². The van der Waals surface area contributed by atoms with Crippen molar-refractivity contribution in [2.45, 2.75) is 13.5 Å². The van der Waals surface area contributed by atoms with E-state index in [0.29, 0.717) is 12.1 Å².